The maximum absolute atomic E-state index is 12.2. The molecule has 2 heterocycles. The quantitative estimate of drug-likeness (QED) is 0.805. The van der Waals surface area contributed by atoms with Crippen LogP contribution in [0.1, 0.15) is 21.9 Å². The van der Waals surface area contributed by atoms with Crippen molar-refractivity contribution in [3.63, 3.8) is 0 Å². The smallest absolute Gasteiger partial charge is 0.250 e. The summed E-state index contributed by atoms with van der Waals surface area (Å²) in [6.45, 7) is 3.62. The van der Waals surface area contributed by atoms with Crippen LogP contribution in [-0.4, -0.2) is 18.6 Å². The average molecular weight is 331 g/mol. The second-order valence-corrected chi connectivity index (χ2v) is 7.63. The Morgan fingerprint density at radius 2 is 2.20 bits per heavy atom. The molecule has 9 heteroatoms. The van der Waals surface area contributed by atoms with E-state index >= 15 is 0 Å². The summed E-state index contributed by atoms with van der Waals surface area (Å²) in [5.41, 5.74) is 6.87. The molecule has 0 spiro atoms. The van der Waals surface area contributed by atoms with Crippen molar-refractivity contribution in [2.75, 3.05) is 0 Å². The second kappa shape index (κ2) is 5.60. The highest BCUT2D eigenvalue weighted by atomic mass is 32.2. The fourth-order valence-corrected chi connectivity index (χ4v) is 3.98. The molecule has 2 aromatic rings. The molecule has 3 N–H and O–H groups in total. The maximum atomic E-state index is 12.2. The molecule has 0 saturated heterocycles. The summed E-state index contributed by atoms with van der Waals surface area (Å²) in [5, 5.41) is 3.78. The Balaban J connectivity index is 2.17. The lowest BCUT2D eigenvalue weighted by atomic mass is 10.2. The van der Waals surface area contributed by atoms with Crippen LogP contribution >= 0.6 is 23.6 Å². The van der Waals surface area contributed by atoms with E-state index in [0.717, 1.165) is 16.9 Å². The highest BCUT2D eigenvalue weighted by molar-refractivity contribution is 7.91. The molecule has 6 nitrogen and oxygen atoms in total. The van der Waals surface area contributed by atoms with Crippen LogP contribution in [-0.2, 0) is 16.6 Å². The minimum atomic E-state index is -3.60. The van der Waals surface area contributed by atoms with E-state index in [4.69, 9.17) is 22.5 Å². The molecule has 0 fully saturated rings. The molecular weight excluding hydrogens is 318 g/mol. The average Bonchev–Trinajstić information content (AvgIpc) is 2.96. The molecule has 0 saturated carbocycles. The van der Waals surface area contributed by atoms with Gasteiger partial charge in [0.05, 0.1) is 10.6 Å². The van der Waals surface area contributed by atoms with Crippen LogP contribution in [0.15, 0.2) is 20.9 Å². The van der Waals surface area contributed by atoms with Crippen molar-refractivity contribution >= 4 is 38.6 Å². The zero-order chi connectivity index (χ0) is 14.9. The van der Waals surface area contributed by atoms with Crippen LogP contribution in [0.25, 0.3) is 0 Å². The predicted octanol–water partition coefficient (Wildman–Crippen LogP) is 1.47. The number of nitrogens with two attached hydrogens (primary N) is 1. The first-order valence-electron chi connectivity index (χ1n) is 5.62. The van der Waals surface area contributed by atoms with Gasteiger partial charge in [0, 0.05) is 12.1 Å². The molecule has 0 atom stereocenters. The van der Waals surface area contributed by atoms with Gasteiger partial charge in [-0.15, -0.1) is 11.3 Å². The van der Waals surface area contributed by atoms with Gasteiger partial charge in [-0.25, -0.2) is 13.1 Å². The lowest BCUT2D eigenvalue weighted by Crippen LogP contribution is -2.22. The molecular formula is C11H13N3O3S3. The van der Waals surface area contributed by atoms with Crippen LogP contribution in [0.5, 0.6) is 0 Å². The van der Waals surface area contributed by atoms with Crippen molar-refractivity contribution in [1.82, 2.24) is 9.88 Å². The molecule has 0 aromatic carbocycles. The molecule has 0 bridgehead atoms. The summed E-state index contributed by atoms with van der Waals surface area (Å²) in [4.78, 5) is 0.750. The van der Waals surface area contributed by atoms with Crippen molar-refractivity contribution < 1.29 is 12.9 Å². The van der Waals surface area contributed by atoms with Crippen LogP contribution in [0, 0.1) is 13.8 Å². The SMILES string of the molecule is Cc1noc(C)c1CNS(=O)(=O)c1ccc(C(N)=S)s1. The van der Waals surface area contributed by atoms with Crippen LogP contribution in [0.2, 0.25) is 0 Å². The highest BCUT2D eigenvalue weighted by Gasteiger charge is 2.19. The van der Waals surface area contributed by atoms with Gasteiger partial charge in [-0.05, 0) is 26.0 Å². The van der Waals surface area contributed by atoms with Gasteiger partial charge >= 0.3 is 0 Å². The Morgan fingerprint density at radius 3 is 2.70 bits per heavy atom. The van der Waals surface area contributed by atoms with Gasteiger partial charge in [-0.1, -0.05) is 17.4 Å². The van der Waals surface area contributed by atoms with E-state index in [9.17, 15) is 8.42 Å². The Labute approximate surface area is 126 Å². The number of hydrogen-bond acceptors (Lipinski definition) is 6. The molecule has 108 valence electrons. The summed E-state index contributed by atoms with van der Waals surface area (Å²) >= 11 is 5.85. The molecule has 2 rings (SSSR count). The Bertz CT molecular complexity index is 727. The van der Waals surface area contributed by atoms with Gasteiger partial charge in [0.1, 0.15) is 15.0 Å². The van der Waals surface area contributed by atoms with Crippen molar-refractivity contribution in [3.05, 3.63) is 34.0 Å². The fourth-order valence-electron chi connectivity index (χ4n) is 1.59. The standard InChI is InChI=1S/C11H13N3O3S3/c1-6-8(7(2)17-14-6)5-13-20(15,16)10-4-3-9(19-10)11(12)18/h3-4,13H,5H2,1-2H3,(H2,12,18). The topological polar surface area (TPSA) is 98.2 Å². The monoisotopic (exact) mass is 331 g/mol. The zero-order valence-electron chi connectivity index (χ0n) is 10.8. The normalized spacial score (nSPS) is 11.7. The van der Waals surface area contributed by atoms with Gasteiger partial charge in [-0.2, -0.15) is 0 Å². The Hall–Kier alpha value is -1.29. The molecule has 0 aliphatic heterocycles. The largest absolute Gasteiger partial charge is 0.389 e. The summed E-state index contributed by atoms with van der Waals surface area (Å²) < 4.78 is 32.0. The number of hydrogen-bond donors (Lipinski definition) is 2. The van der Waals surface area contributed by atoms with Crippen molar-refractivity contribution in [2.45, 2.75) is 24.6 Å². The lowest BCUT2D eigenvalue weighted by molar-refractivity contribution is 0.392. The number of rotatable bonds is 5. The van der Waals surface area contributed by atoms with Crippen molar-refractivity contribution in [3.8, 4) is 0 Å². The first-order chi connectivity index (χ1) is 9.31. The van der Waals surface area contributed by atoms with Gasteiger partial charge in [0.25, 0.3) is 0 Å². The number of aryl methyl sites for hydroxylation is 2. The Kier molecular flexibility index (Phi) is 4.23. The van der Waals surface area contributed by atoms with E-state index in [1.165, 1.54) is 6.07 Å². The van der Waals surface area contributed by atoms with Crippen LogP contribution < -0.4 is 10.5 Å². The third kappa shape index (κ3) is 3.06. The predicted molar refractivity (Wildman–Crippen MR) is 80.2 cm³/mol. The minimum Gasteiger partial charge on any atom is -0.389 e. The summed E-state index contributed by atoms with van der Waals surface area (Å²) in [5.74, 6) is 0.597. The first kappa shape index (κ1) is 15.1. The first-order valence-corrected chi connectivity index (χ1v) is 8.33. The number of sulfonamides is 1. The molecule has 0 aliphatic rings. The van der Waals surface area contributed by atoms with E-state index in [-0.39, 0.29) is 15.7 Å². The molecule has 20 heavy (non-hydrogen) atoms. The number of aromatic nitrogens is 1. The van der Waals surface area contributed by atoms with Gasteiger partial charge in [-0.3, -0.25) is 0 Å². The van der Waals surface area contributed by atoms with E-state index in [1.54, 1.807) is 19.9 Å². The van der Waals surface area contributed by atoms with E-state index in [0.29, 0.717) is 16.3 Å². The van der Waals surface area contributed by atoms with Crippen LogP contribution in [0.3, 0.4) is 0 Å². The van der Waals surface area contributed by atoms with E-state index in [2.05, 4.69) is 9.88 Å². The molecule has 2 aromatic heterocycles. The number of thiocarbonyl (C=S) groups is 1. The maximum Gasteiger partial charge on any atom is 0.250 e. The number of nitrogens with one attached hydrogen (secondary N) is 1. The molecule has 0 aliphatic carbocycles. The molecule has 0 unspecified atom stereocenters. The highest BCUT2D eigenvalue weighted by Crippen LogP contribution is 2.22. The van der Waals surface area contributed by atoms with Crippen molar-refractivity contribution in [1.29, 1.82) is 0 Å². The third-order valence-electron chi connectivity index (χ3n) is 2.71. The molecule has 0 radical (unpaired) electrons. The number of nitrogens with zero attached hydrogens (tertiary/aromatic N) is 1. The Morgan fingerprint density at radius 1 is 1.50 bits per heavy atom. The van der Waals surface area contributed by atoms with Crippen LogP contribution in [0.4, 0.5) is 0 Å². The lowest BCUT2D eigenvalue weighted by Gasteiger charge is -2.04. The minimum absolute atomic E-state index is 0.129. The number of thiophene rings is 1. The van der Waals surface area contributed by atoms with Gasteiger partial charge in [0.2, 0.25) is 10.0 Å². The second-order valence-electron chi connectivity index (χ2n) is 4.11. The summed E-state index contributed by atoms with van der Waals surface area (Å²) in [6, 6.07) is 3.08. The molecule has 0 amide bonds. The van der Waals surface area contributed by atoms with Gasteiger partial charge in [0.15, 0.2) is 0 Å². The van der Waals surface area contributed by atoms with Gasteiger partial charge < -0.3 is 10.3 Å². The summed E-state index contributed by atoms with van der Waals surface area (Å²) in [7, 11) is -3.60. The van der Waals surface area contributed by atoms with E-state index < -0.39 is 10.0 Å². The fraction of sp³-hybridized carbons (Fsp3) is 0.273. The van der Waals surface area contributed by atoms with E-state index in [1.807, 2.05) is 0 Å². The third-order valence-corrected chi connectivity index (χ3v) is 6.07. The summed E-state index contributed by atoms with van der Waals surface area (Å²) in [6.07, 6.45) is 0. The van der Waals surface area contributed by atoms with Crippen molar-refractivity contribution in [2.24, 2.45) is 5.73 Å². The zero-order valence-corrected chi connectivity index (χ0v) is 13.3.